The lowest BCUT2D eigenvalue weighted by molar-refractivity contribution is -0.384. The average molecular weight is 753 g/mol. The number of nitrogens with two attached hydrogens (primary N) is 1. The van der Waals surface area contributed by atoms with E-state index in [2.05, 4.69) is 9.97 Å². The van der Waals surface area contributed by atoms with Crippen molar-refractivity contribution in [1.29, 1.82) is 0 Å². The zero-order chi connectivity index (χ0) is 30.1. The van der Waals surface area contributed by atoms with E-state index in [1.54, 1.807) is 18.2 Å². The van der Waals surface area contributed by atoms with Gasteiger partial charge in [-0.15, -0.1) is 22.7 Å². The first-order valence-electron chi connectivity index (χ1n) is 11.3. The van der Waals surface area contributed by atoms with Crippen LogP contribution in [0.15, 0.2) is 79.1 Å². The Labute approximate surface area is 285 Å². The van der Waals surface area contributed by atoms with Crippen molar-refractivity contribution in [3.63, 3.8) is 0 Å². The van der Waals surface area contributed by atoms with Crippen molar-refractivity contribution >= 4 is 148 Å². The minimum absolute atomic E-state index is 0.147. The average Bonchev–Trinajstić information content (AvgIpc) is 3.54. The second-order valence-electron chi connectivity index (χ2n) is 8.15. The minimum atomic E-state index is -0.538. The number of hydrogen-bond acceptors (Lipinski definition) is 9. The first-order chi connectivity index (χ1) is 20.0. The Hall–Kier alpha value is -1.70. The summed E-state index contributed by atoms with van der Waals surface area (Å²) in [4.78, 5) is 20.5. The highest BCUT2D eigenvalue weighted by Gasteiger charge is 2.18. The second-order valence-corrected chi connectivity index (χ2v) is 15.1. The van der Waals surface area contributed by atoms with E-state index in [0.717, 1.165) is 29.7 Å². The number of hydrogen-bond donors (Lipinski definition) is 1. The number of fused-ring (bicyclic) bond motifs is 2. The molecule has 16 heteroatoms. The van der Waals surface area contributed by atoms with Gasteiger partial charge in [-0.25, -0.2) is 9.97 Å². The standard InChI is InChI=1S/C13H5Cl3N2O2S2.C13H7Cl3N2S2/c14-7-2-1-3-10-12(7)22-13(17-10)21-11-8(15)4-6(18(19)20)5-9(11)16;14-7-2-1-3-10-12(7)20-13(18-10)19-11-8(15)4-6(17)5-9(11)16/h1-5H;1-5H,17H2. The van der Waals surface area contributed by atoms with E-state index >= 15 is 0 Å². The monoisotopic (exact) mass is 750 g/mol. The summed E-state index contributed by atoms with van der Waals surface area (Å²) in [5, 5.41) is 13.6. The summed E-state index contributed by atoms with van der Waals surface area (Å²) in [5.74, 6) is 0. The molecule has 0 aliphatic carbocycles. The van der Waals surface area contributed by atoms with E-state index in [4.69, 9.17) is 75.3 Å². The Balaban J connectivity index is 0.000000169. The molecule has 2 aromatic heterocycles. The normalized spacial score (nSPS) is 11.1. The predicted molar refractivity (Wildman–Crippen MR) is 181 cm³/mol. The fourth-order valence-electron chi connectivity index (χ4n) is 3.48. The summed E-state index contributed by atoms with van der Waals surface area (Å²) < 4.78 is 3.38. The number of nitro benzene ring substituents is 1. The maximum atomic E-state index is 10.8. The fourth-order valence-corrected chi connectivity index (χ4v) is 9.49. The zero-order valence-electron chi connectivity index (χ0n) is 20.4. The van der Waals surface area contributed by atoms with Crippen LogP contribution in [0.1, 0.15) is 0 Å². The molecule has 0 saturated carbocycles. The number of aromatic nitrogens is 2. The highest BCUT2D eigenvalue weighted by molar-refractivity contribution is 8.01. The molecule has 42 heavy (non-hydrogen) atoms. The highest BCUT2D eigenvalue weighted by Crippen LogP contribution is 2.45. The van der Waals surface area contributed by atoms with Crippen molar-refractivity contribution in [2.24, 2.45) is 0 Å². The van der Waals surface area contributed by atoms with Crippen molar-refractivity contribution in [2.45, 2.75) is 18.5 Å². The van der Waals surface area contributed by atoms with Crippen LogP contribution in [-0.4, -0.2) is 14.9 Å². The van der Waals surface area contributed by atoms with Crippen LogP contribution in [0.25, 0.3) is 20.4 Å². The maximum absolute atomic E-state index is 10.8. The molecule has 0 saturated heterocycles. The van der Waals surface area contributed by atoms with Crippen LogP contribution >= 0.6 is 116 Å². The van der Waals surface area contributed by atoms with Crippen molar-refractivity contribution < 1.29 is 4.92 Å². The third-order valence-electron chi connectivity index (χ3n) is 5.29. The molecule has 2 N–H and O–H groups in total. The summed E-state index contributed by atoms with van der Waals surface area (Å²) >= 11 is 42.4. The van der Waals surface area contributed by atoms with Gasteiger partial charge in [0, 0.05) is 17.8 Å². The number of thiazole rings is 2. The van der Waals surface area contributed by atoms with Gasteiger partial charge in [0.1, 0.15) is 0 Å². The molecule has 0 atom stereocenters. The highest BCUT2D eigenvalue weighted by atomic mass is 35.5. The molecule has 0 aliphatic heterocycles. The lowest BCUT2D eigenvalue weighted by Gasteiger charge is -2.05. The van der Waals surface area contributed by atoms with Crippen LogP contribution < -0.4 is 5.73 Å². The van der Waals surface area contributed by atoms with Gasteiger partial charge in [0.05, 0.1) is 65.3 Å². The Morgan fingerprint density at radius 2 is 1.07 bits per heavy atom. The van der Waals surface area contributed by atoms with Gasteiger partial charge in [-0.1, -0.05) is 105 Å². The number of nitrogens with zero attached hydrogens (tertiary/aromatic N) is 3. The van der Waals surface area contributed by atoms with Gasteiger partial charge >= 0.3 is 0 Å². The molecule has 4 aromatic carbocycles. The second kappa shape index (κ2) is 13.5. The Bertz CT molecular complexity index is 1940. The molecular formula is C26H12Cl6N4O2S4. The number of rotatable bonds is 5. The van der Waals surface area contributed by atoms with Crippen LogP contribution in [0.5, 0.6) is 0 Å². The van der Waals surface area contributed by atoms with Gasteiger partial charge in [0.15, 0.2) is 8.68 Å². The number of benzene rings is 4. The van der Waals surface area contributed by atoms with Crippen LogP contribution in [0, 0.1) is 10.1 Å². The van der Waals surface area contributed by atoms with Gasteiger partial charge in [-0.3, -0.25) is 10.1 Å². The molecular weight excluding hydrogens is 741 g/mol. The van der Waals surface area contributed by atoms with E-state index in [1.165, 1.54) is 58.3 Å². The van der Waals surface area contributed by atoms with Crippen LogP contribution in [0.2, 0.25) is 30.1 Å². The SMILES string of the molecule is Nc1cc(Cl)c(Sc2nc3cccc(Cl)c3s2)c(Cl)c1.O=[N+]([O-])c1cc(Cl)c(Sc2nc3cccc(Cl)c3s2)c(Cl)c1. The topological polar surface area (TPSA) is 94.9 Å². The molecule has 0 aliphatic rings. The molecule has 2 heterocycles. The van der Waals surface area contributed by atoms with E-state index in [1.807, 2.05) is 30.3 Å². The summed E-state index contributed by atoms with van der Waals surface area (Å²) in [7, 11) is 0. The molecule has 0 unspecified atom stereocenters. The first kappa shape index (κ1) is 31.7. The van der Waals surface area contributed by atoms with Gasteiger partial charge in [-0.05, 0) is 36.4 Å². The summed E-state index contributed by atoms with van der Waals surface area (Å²) in [6, 6.07) is 17.0. The summed E-state index contributed by atoms with van der Waals surface area (Å²) in [6.45, 7) is 0. The molecule has 0 radical (unpaired) electrons. The van der Waals surface area contributed by atoms with E-state index in [0.29, 0.717) is 35.0 Å². The molecule has 0 spiro atoms. The molecule has 6 rings (SSSR count). The molecule has 214 valence electrons. The summed E-state index contributed by atoms with van der Waals surface area (Å²) in [5.41, 5.74) is 7.74. The van der Waals surface area contributed by atoms with Gasteiger partial charge < -0.3 is 5.73 Å². The quantitative estimate of drug-likeness (QED) is 0.106. The van der Waals surface area contributed by atoms with E-state index < -0.39 is 4.92 Å². The van der Waals surface area contributed by atoms with Gasteiger partial charge in [0.25, 0.3) is 5.69 Å². The largest absolute Gasteiger partial charge is 0.399 e. The first-order valence-corrected chi connectivity index (χ1v) is 16.9. The van der Waals surface area contributed by atoms with Crippen molar-refractivity contribution in [2.75, 3.05) is 5.73 Å². The Kier molecular flexibility index (Phi) is 10.2. The minimum Gasteiger partial charge on any atom is -0.399 e. The molecule has 6 aromatic rings. The Morgan fingerprint density at radius 1 is 0.667 bits per heavy atom. The third-order valence-corrected chi connectivity index (χ3v) is 12.4. The van der Waals surface area contributed by atoms with Gasteiger partial charge in [0.2, 0.25) is 0 Å². The number of nitrogen functional groups attached to an aromatic ring is 1. The third kappa shape index (κ3) is 7.15. The fraction of sp³-hybridized carbons (Fsp3) is 0. The van der Waals surface area contributed by atoms with Crippen molar-refractivity contribution in [1.82, 2.24) is 9.97 Å². The maximum Gasteiger partial charge on any atom is 0.272 e. The van der Waals surface area contributed by atoms with Crippen molar-refractivity contribution in [3.05, 3.63) is 101 Å². The van der Waals surface area contributed by atoms with E-state index in [9.17, 15) is 10.1 Å². The lowest BCUT2D eigenvalue weighted by atomic mass is 10.3. The molecule has 0 fully saturated rings. The molecule has 0 bridgehead atoms. The van der Waals surface area contributed by atoms with Gasteiger partial charge in [-0.2, -0.15) is 0 Å². The zero-order valence-corrected chi connectivity index (χ0v) is 28.2. The lowest BCUT2D eigenvalue weighted by Crippen LogP contribution is -1.89. The van der Waals surface area contributed by atoms with Crippen molar-refractivity contribution in [3.8, 4) is 0 Å². The molecule has 6 nitrogen and oxygen atoms in total. The Morgan fingerprint density at radius 3 is 1.45 bits per heavy atom. The number of halogens is 6. The number of anilines is 1. The molecule has 0 amide bonds. The number of nitro groups is 1. The van der Waals surface area contributed by atoms with Crippen LogP contribution in [0.3, 0.4) is 0 Å². The summed E-state index contributed by atoms with van der Waals surface area (Å²) in [6.07, 6.45) is 0. The van der Waals surface area contributed by atoms with Crippen LogP contribution in [-0.2, 0) is 0 Å². The smallest absolute Gasteiger partial charge is 0.272 e. The van der Waals surface area contributed by atoms with Crippen LogP contribution in [0.4, 0.5) is 11.4 Å². The number of non-ortho nitro benzene ring substituents is 1. The predicted octanol–water partition coefficient (Wildman–Crippen LogP) is 12.3. The van der Waals surface area contributed by atoms with E-state index in [-0.39, 0.29) is 15.7 Å².